The summed E-state index contributed by atoms with van der Waals surface area (Å²) in [6, 6.07) is 6.84. The van der Waals surface area contributed by atoms with Crippen molar-refractivity contribution in [1.29, 1.82) is 0 Å². The summed E-state index contributed by atoms with van der Waals surface area (Å²) in [6.45, 7) is 1.71. The number of hydrogen-bond donors (Lipinski definition) is 0. The molecule has 0 radical (unpaired) electrons. The number of aromatic nitrogens is 3. The van der Waals surface area contributed by atoms with Gasteiger partial charge in [0.25, 0.3) is 5.56 Å². The van der Waals surface area contributed by atoms with Crippen LogP contribution in [-0.4, -0.2) is 25.9 Å². The van der Waals surface area contributed by atoms with E-state index in [9.17, 15) is 22.8 Å². The lowest BCUT2D eigenvalue weighted by Crippen LogP contribution is -2.24. The van der Waals surface area contributed by atoms with Gasteiger partial charge >= 0.3 is 6.18 Å². The van der Waals surface area contributed by atoms with E-state index in [0.29, 0.717) is 16.3 Å². The van der Waals surface area contributed by atoms with Gasteiger partial charge in [0.1, 0.15) is 5.78 Å². The highest BCUT2D eigenvalue weighted by molar-refractivity contribution is 6.30. The number of halogens is 4. The van der Waals surface area contributed by atoms with Gasteiger partial charge in [-0.25, -0.2) is 4.98 Å². The number of carbonyl (C=O) groups excluding carboxylic acids is 1. The number of Topliss-reactive ketones (excluding diaryl/α,β-unsaturated/α-hetero) is 1. The minimum absolute atomic E-state index is 0.0215. The smallest absolute Gasteiger partial charge is 0.318 e. The highest BCUT2D eigenvalue weighted by atomic mass is 35.5. The van der Waals surface area contributed by atoms with E-state index in [1.165, 1.54) is 21.4 Å². The maximum atomic E-state index is 12.8. The number of ketones is 1. The number of benzene rings is 1. The lowest BCUT2D eigenvalue weighted by atomic mass is 10.1. The van der Waals surface area contributed by atoms with Crippen molar-refractivity contribution in [2.24, 2.45) is 0 Å². The number of hydrogen-bond acceptors (Lipinski definition) is 3. The Hall–Kier alpha value is -2.61. The zero-order valence-corrected chi connectivity index (χ0v) is 16.4. The summed E-state index contributed by atoms with van der Waals surface area (Å²) in [6.07, 6.45) is -2.20. The molecule has 5 nitrogen and oxygen atoms in total. The Morgan fingerprint density at radius 3 is 2.48 bits per heavy atom. The zero-order chi connectivity index (χ0) is 21.2. The summed E-state index contributed by atoms with van der Waals surface area (Å²) < 4.78 is 40.5. The number of aryl methyl sites for hydroxylation is 1. The predicted molar refractivity (Wildman–Crippen MR) is 104 cm³/mol. The van der Waals surface area contributed by atoms with Crippen molar-refractivity contribution in [3.63, 3.8) is 0 Å². The average molecular weight is 426 g/mol. The number of fused-ring (bicyclic) bond motifs is 1. The number of rotatable bonds is 7. The van der Waals surface area contributed by atoms with E-state index in [1.54, 1.807) is 31.2 Å². The molecule has 0 amide bonds. The first kappa shape index (κ1) is 21.1. The molecule has 9 heteroatoms. The lowest BCUT2D eigenvalue weighted by molar-refractivity contribution is -0.135. The Bertz CT molecular complexity index is 1090. The molecule has 3 aromatic rings. The molecule has 0 spiro atoms. The average Bonchev–Trinajstić information content (AvgIpc) is 3.10. The second-order valence-corrected chi connectivity index (χ2v) is 7.18. The van der Waals surface area contributed by atoms with Gasteiger partial charge in [0.2, 0.25) is 5.78 Å². The molecule has 0 saturated carbocycles. The van der Waals surface area contributed by atoms with E-state index in [4.69, 9.17) is 11.6 Å². The Morgan fingerprint density at radius 2 is 1.86 bits per heavy atom. The van der Waals surface area contributed by atoms with Crippen LogP contribution in [0.5, 0.6) is 0 Å². The SMILES string of the molecule is CCC(=O)Cc1cn(CCCC(F)(F)F)c2nc(-c3ccc(Cl)cc3)cn2c1=O. The lowest BCUT2D eigenvalue weighted by Gasteiger charge is -2.12. The largest absolute Gasteiger partial charge is 0.389 e. The highest BCUT2D eigenvalue weighted by Crippen LogP contribution is 2.23. The van der Waals surface area contributed by atoms with Crippen LogP contribution < -0.4 is 5.56 Å². The van der Waals surface area contributed by atoms with Crippen LogP contribution in [-0.2, 0) is 17.8 Å². The second kappa shape index (κ2) is 8.41. The predicted octanol–water partition coefficient (Wildman–Crippen LogP) is 4.68. The third-order valence-electron chi connectivity index (χ3n) is 4.53. The maximum absolute atomic E-state index is 12.8. The van der Waals surface area contributed by atoms with Crippen LogP contribution in [0.3, 0.4) is 0 Å². The first-order valence-corrected chi connectivity index (χ1v) is 9.51. The fraction of sp³-hybridized carbons (Fsp3) is 0.350. The van der Waals surface area contributed by atoms with Crippen LogP contribution >= 0.6 is 11.6 Å². The van der Waals surface area contributed by atoms with E-state index < -0.39 is 18.2 Å². The summed E-state index contributed by atoms with van der Waals surface area (Å²) in [7, 11) is 0. The Kier molecular flexibility index (Phi) is 6.12. The summed E-state index contributed by atoms with van der Waals surface area (Å²) in [5.41, 5.74) is 1.03. The van der Waals surface area contributed by atoms with Gasteiger partial charge in [0.05, 0.1) is 5.69 Å². The number of imidazole rings is 1. The summed E-state index contributed by atoms with van der Waals surface area (Å²) in [4.78, 5) is 29.1. The van der Waals surface area contributed by atoms with Crippen LogP contribution in [0.1, 0.15) is 31.7 Å². The zero-order valence-electron chi connectivity index (χ0n) is 15.7. The van der Waals surface area contributed by atoms with Gasteiger partial charge in [-0.15, -0.1) is 0 Å². The Morgan fingerprint density at radius 1 is 1.17 bits per heavy atom. The topological polar surface area (TPSA) is 56.4 Å². The summed E-state index contributed by atoms with van der Waals surface area (Å²) >= 11 is 5.90. The molecule has 1 aromatic carbocycles. The molecule has 2 aromatic heterocycles. The van der Waals surface area contributed by atoms with E-state index >= 15 is 0 Å². The summed E-state index contributed by atoms with van der Waals surface area (Å²) in [5.74, 6) is 0.108. The third kappa shape index (κ3) is 5.06. The molecule has 2 heterocycles. The molecule has 154 valence electrons. The van der Waals surface area contributed by atoms with E-state index in [-0.39, 0.29) is 42.9 Å². The van der Waals surface area contributed by atoms with Crippen LogP contribution in [0.4, 0.5) is 13.2 Å². The van der Waals surface area contributed by atoms with Crippen molar-refractivity contribution >= 4 is 23.2 Å². The highest BCUT2D eigenvalue weighted by Gasteiger charge is 2.26. The normalized spacial score (nSPS) is 11.9. The molecule has 29 heavy (non-hydrogen) atoms. The van der Waals surface area contributed by atoms with Crippen molar-refractivity contribution in [2.45, 2.75) is 45.3 Å². The quantitative estimate of drug-likeness (QED) is 0.552. The number of carbonyl (C=O) groups is 1. The van der Waals surface area contributed by atoms with Gasteiger partial charge in [0, 0.05) is 54.4 Å². The molecule has 0 bridgehead atoms. The molecule has 0 N–H and O–H groups in total. The van der Waals surface area contributed by atoms with Crippen LogP contribution in [0.25, 0.3) is 17.0 Å². The maximum Gasteiger partial charge on any atom is 0.389 e. The van der Waals surface area contributed by atoms with E-state index in [0.717, 1.165) is 0 Å². The molecular formula is C20H19ClF3N3O2. The number of nitrogens with zero attached hydrogens (tertiary/aromatic N) is 3. The fourth-order valence-electron chi connectivity index (χ4n) is 3.01. The van der Waals surface area contributed by atoms with Gasteiger partial charge in [-0.05, 0) is 18.6 Å². The molecule has 0 aliphatic heterocycles. The van der Waals surface area contributed by atoms with Crippen molar-refractivity contribution in [3.8, 4) is 11.3 Å². The standard InChI is InChI=1S/C20H19ClF3N3O2/c1-2-16(28)10-14-11-26(9-3-8-20(22,23)24)19-25-17(12-27(19)18(14)29)13-4-6-15(21)7-5-13/h4-7,11-12H,2-3,8-10H2,1H3. The molecule has 3 rings (SSSR count). The van der Waals surface area contributed by atoms with Crippen LogP contribution in [0, 0.1) is 0 Å². The van der Waals surface area contributed by atoms with Gasteiger partial charge in [-0.1, -0.05) is 30.7 Å². The first-order chi connectivity index (χ1) is 13.7. The van der Waals surface area contributed by atoms with Crippen molar-refractivity contribution in [3.05, 3.63) is 57.6 Å². The summed E-state index contributed by atoms with van der Waals surface area (Å²) in [5, 5.41) is 0.546. The van der Waals surface area contributed by atoms with Gasteiger partial charge in [-0.3, -0.25) is 14.0 Å². The van der Waals surface area contributed by atoms with Crippen molar-refractivity contribution in [1.82, 2.24) is 14.0 Å². The van der Waals surface area contributed by atoms with E-state index in [1.807, 2.05) is 0 Å². The number of alkyl halides is 3. The minimum atomic E-state index is -4.26. The molecule has 0 unspecified atom stereocenters. The Labute approximate surface area is 169 Å². The van der Waals surface area contributed by atoms with Gasteiger partial charge in [-0.2, -0.15) is 13.2 Å². The fourth-order valence-corrected chi connectivity index (χ4v) is 3.14. The monoisotopic (exact) mass is 425 g/mol. The van der Waals surface area contributed by atoms with Crippen molar-refractivity contribution < 1.29 is 18.0 Å². The first-order valence-electron chi connectivity index (χ1n) is 9.13. The van der Waals surface area contributed by atoms with Crippen LogP contribution in [0.15, 0.2) is 41.5 Å². The van der Waals surface area contributed by atoms with Crippen molar-refractivity contribution in [2.75, 3.05) is 0 Å². The van der Waals surface area contributed by atoms with Gasteiger partial charge < -0.3 is 4.57 Å². The molecule has 0 atom stereocenters. The molecule has 0 aliphatic rings. The Balaban J connectivity index is 2.07. The second-order valence-electron chi connectivity index (χ2n) is 6.74. The molecule has 0 saturated heterocycles. The molecule has 0 fully saturated rings. The minimum Gasteiger partial charge on any atom is -0.318 e. The molecular weight excluding hydrogens is 407 g/mol. The van der Waals surface area contributed by atoms with E-state index in [2.05, 4.69) is 4.98 Å². The third-order valence-corrected chi connectivity index (χ3v) is 4.78. The van der Waals surface area contributed by atoms with Crippen LogP contribution in [0.2, 0.25) is 5.02 Å². The van der Waals surface area contributed by atoms with Gasteiger partial charge in [0.15, 0.2) is 0 Å². The molecule has 0 aliphatic carbocycles.